The number of hydrogen-bond acceptors (Lipinski definition) is 3. The van der Waals surface area contributed by atoms with Crippen molar-refractivity contribution in [2.24, 2.45) is 0 Å². The van der Waals surface area contributed by atoms with Gasteiger partial charge in [-0.3, -0.25) is 4.98 Å². The zero-order valence-corrected chi connectivity index (χ0v) is 13.2. The Morgan fingerprint density at radius 3 is 2.71 bits per heavy atom. The third kappa shape index (κ3) is 4.30. The molecule has 0 spiro atoms. The van der Waals surface area contributed by atoms with Crippen molar-refractivity contribution in [2.45, 2.75) is 32.9 Å². The normalized spacial score (nSPS) is 12.1. The van der Waals surface area contributed by atoms with Gasteiger partial charge in [0.05, 0.1) is 0 Å². The lowest BCUT2D eigenvalue weighted by Crippen LogP contribution is -2.24. The maximum Gasteiger partial charge on any atom is 0.0441 e. The molecule has 112 valence electrons. The molecule has 3 nitrogen and oxygen atoms in total. The fourth-order valence-electron chi connectivity index (χ4n) is 2.52. The minimum Gasteiger partial charge on any atom is -0.370 e. The number of aromatic nitrogens is 1. The SMILES string of the molecule is CCCNC(C)c1ccccc1N(C)Cc1cccnc1. The van der Waals surface area contributed by atoms with E-state index in [1.165, 1.54) is 16.8 Å². The van der Waals surface area contributed by atoms with Crippen LogP contribution in [0.15, 0.2) is 48.8 Å². The van der Waals surface area contributed by atoms with E-state index in [-0.39, 0.29) is 0 Å². The van der Waals surface area contributed by atoms with Crippen LogP contribution in [0.25, 0.3) is 0 Å². The predicted molar refractivity (Wildman–Crippen MR) is 89.5 cm³/mol. The molecule has 0 radical (unpaired) electrons. The highest BCUT2D eigenvalue weighted by molar-refractivity contribution is 5.54. The summed E-state index contributed by atoms with van der Waals surface area (Å²) in [7, 11) is 2.14. The standard InChI is InChI=1S/C18H25N3/c1-4-11-20-15(2)17-9-5-6-10-18(17)21(3)14-16-8-7-12-19-13-16/h5-10,12-13,15,20H,4,11,14H2,1-3H3. The van der Waals surface area contributed by atoms with Gasteiger partial charge in [0.25, 0.3) is 0 Å². The van der Waals surface area contributed by atoms with E-state index in [4.69, 9.17) is 0 Å². The summed E-state index contributed by atoms with van der Waals surface area (Å²) in [5.74, 6) is 0. The van der Waals surface area contributed by atoms with Gasteiger partial charge in [-0.2, -0.15) is 0 Å². The second-order valence-electron chi connectivity index (χ2n) is 5.45. The van der Waals surface area contributed by atoms with Crippen molar-refractivity contribution in [3.63, 3.8) is 0 Å². The van der Waals surface area contributed by atoms with Crippen molar-refractivity contribution in [3.8, 4) is 0 Å². The largest absolute Gasteiger partial charge is 0.370 e. The first kappa shape index (κ1) is 15.5. The minimum atomic E-state index is 0.359. The van der Waals surface area contributed by atoms with Gasteiger partial charge >= 0.3 is 0 Å². The molecule has 21 heavy (non-hydrogen) atoms. The van der Waals surface area contributed by atoms with E-state index in [0.717, 1.165) is 19.5 Å². The first-order valence-corrected chi connectivity index (χ1v) is 7.64. The first-order valence-electron chi connectivity index (χ1n) is 7.64. The van der Waals surface area contributed by atoms with Crippen molar-refractivity contribution >= 4 is 5.69 Å². The highest BCUT2D eigenvalue weighted by Gasteiger charge is 2.12. The van der Waals surface area contributed by atoms with Crippen LogP contribution in [0, 0.1) is 0 Å². The summed E-state index contributed by atoms with van der Waals surface area (Å²) in [6, 6.07) is 13.1. The van der Waals surface area contributed by atoms with Gasteiger partial charge in [0.1, 0.15) is 0 Å². The summed E-state index contributed by atoms with van der Waals surface area (Å²) in [4.78, 5) is 6.48. The average Bonchev–Trinajstić information content (AvgIpc) is 2.53. The zero-order valence-electron chi connectivity index (χ0n) is 13.2. The maximum absolute atomic E-state index is 4.19. The van der Waals surface area contributed by atoms with Crippen LogP contribution in [-0.2, 0) is 6.54 Å². The second-order valence-corrected chi connectivity index (χ2v) is 5.45. The number of nitrogens with zero attached hydrogens (tertiary/aromatic N) is 2. The fraction of sp³-hybridized carbons (Fsp3) is 0.389. The molecule has 1 aromatic heterocycles. The summed E-state index contributed by atoms with van der Waals surface area (Å²) in [5.41, 5.74) is 3.85. The van der Waals surface area contributed by atoms with E-state index >= 15 is 0 Å². The van der Waals surface area contributed by atoms with Crippen LogP contribution >= 0.6 is 0 Å². The third-order valence-corrected chi connectivity index (χ3v) is 3.66. The molecule has 1 unspecified atom stereocenters. The Labute approximate surface area is 128 Å². The lowest BCUT2D eigenvalue weighted by Gasteiger charge is -2.25. The van der Waals surface area contributed by atoms with Crippen molar-refractivity contribution in [2.75, 3.05) is 18.5 Å². The Morgan fingerprint density at radius 1 is 1.19 bits per heavy atom. The van der Waals surface area contributed by atoms with Crippen LogP contribution in [0.1, 0.15) is 37.4 Å². The van der Waals surface area contributed by atoms with Gasteiger partial charge in [-0.25, -0.2) is 0 Å². The highest BCUT2D eigenvalue weighted by atomic mass is 15.1. The number of hydrogen-bond donors (Lipinski definition) is 1. The molecule has 0 bridgehead atoms. The van der Waals surface area contributed by atoms with Crippen LogP contribution in [0.3, 0.4) is 0 Å². The molecule has 1 heterocycles. The number of anilines is 1. The van der Waals surface area contributed by atoms with Gasteiger partial charge in [-0.15, -0.1) is 0 Å². The van der Waals surface area contributed by atoms with Crippen LogP contribution in [0.2, 0.25) is 0 Å². The number of pyridine rings is 1. The van der Waals surface area contributed by atoms with Crippen LogP contribution in [0.5, 0.6) is 0 Å². The van der Waals surface area contributed by atoms with E-state index in [1.54, 1.807) is 0 Å². The van der Waals surface area contributed by atoms with E-state index in [9.17, 15) is 0 Å². The molecule has 0 aliphatic rings. The smallest absolute Gasteiger partial charge is 0.0441 e. The molecule has 0 saturated heterocycles. The molecule has 0 fully saturated rings. The van der Waals surface area contributed by atoms with Gasteiger partial charge in [0.2, 0.25) is 0 Å². The molecule has 1 atom stereocenters. The number of para-hydroxylation sites is 1. The summed E-state index contributed by atoms with van der Waals surface area (Å²) >= 11 is 0. The van der Waals surface area contributed by atoms with Crippen molar-refractivity contribution in [1.29, 1.82) is 0 Å². The van der Waals surface area contributed by atoms with Gasteiger partial charge < -0.3 is 10.2 Å². The fourth-order valence-corrected chi connectivity index (χ4v) is 2.52. The van der Waals surface area contributed by atoms with E-state index in [1.807, 2.05) is 18.5 Å². The molecule has 0 saturated carbocycles. The van der Waals surface area contributed by atoms with Gasteiger partial charge in [-0.1, -0.05) is 31.2 Å². The lowest BCUT2D eigenvalue weighted by atomic mass is 10.0. The van der Waals surface area contributed by atoms with Gasteiger partial charge in [-0.05, 0) is 43.1 Å². The summed E-state index contributed by atoms with van der Waals surface area (Å²) in [5, 5.41) is 3.57. The lowest BCUT2D eigenvalue weighted by molar-refractivity contribution is 0.570. The Kier molecular flexibility index (Phi) is 5.76. The topological polar surface area (TPSA) is 28.2 Å². The Hall–Kier alpha value is -1.87. The van der Waals surface area contributed by atoms with E-state index in [0.29, 0.717) is 6.04 Å². The molecule has 0 aliphatic heterocycles. The number of nitrogens with one attached hydrogen (secondary N) is 1. The minimum absolute atomic E-state index is 0.359. The van der Waals surface area contributed by atoms with Gasteiger partial charge in [0, 0.05) is 37.7 Å². The van der Waals surface area contributed by atoms with Crippen LogP contribution < -0.4 is 10.2 Å². The van der Waals surface area contributed by atoms with Gasteiger partial charge in [0.15, 0.2) is 0 Å². The molecule has 0 amide bonds. The average molecular weight is 283 g/mol. The molecule has 1 N–H and O–H groups in total. The molecule has 2 rings (SSSR count). The third-order valence-electron chi connectivity index (χ3n) is 3.66. The van der Waals surface area contributed by atoms with E-state index < -0.39 is 0 Å². The Morgan fingerprint density at radius 2 is 2.00 bits per heavy atom. The second kappa shape index (κ2) is 7.79. The van der Waals surface area contributed by atoms with Crippen LogP contribution in [0.4, 0.5) is 5.69 Å². The maximum atomic E-state index is 4.19. The quantitative estimate of drug-likeness (QED) is 0.838. The Bertz CT molecular complexity index is 539. The van der Waals surface area contributed by atoms with E-state index in [2.05, 4.69) is 66.4 Å². The van der Waals surface area contributed by atoms with Crippen LogP contribution in [-0.4, -0.2) is 18.6 Å². The summed E-state index contributed by atoms with van der Waals surface area (Å²) < 4.78 is 0. The predicted octanol–water partition coefficient (Wildman–Crippen LogP) is 3.78. The number of benzene rings is 1. The molecular weight excluding hydrogens is 258 g/mol. The molecule has 0 aliphatic carbocycles. The Balaban J connectivity index is 2.15. The highest BCUT2D eigenvalue weighted by Crippen LogP contribution is 2.26. The van der Waals surface area contributed by atoms with Crippen molar-refractivity contribution in [3.05, 3.63) is 59.9 Å². The summed E-state index contributed by atoms with van der Waals surface area (Å²) in [6.45, 7) is 6.33. The number of rotatable bonds is 7. The molecule has 1 aromatic carbocycles. The molecular formula is C18H25N3. The monoisotopic (exact) mass is 283 g/mol. The molecule has 3 heteroatoms. The van der Waals surface area contributed by atoms with Crippen molar-refractivity contribution in [1.82, 2.24) is 10.3 Å². The van der Waals surface area contributed by atoms with Crippen molar-refractivity contribution < 1.29 is 0 Å². The molecule has 2 aromatic rings. The summed E-state index contributed by atoms with van der Waals surface area (Å²) in [6.07, 6.45) is 4.89. The first-order chi connectivity index (χ1) is 10.2. The zero-order chi connectivity index (χ0) is 15.1.